The zero-order valence-corrected chi connectivity index (χ0v) is 18.3. The number of hydrogen-bond acceptors (Lipinski definition) is 6. The predicted molar refractivity (Wildman–Crippen MR) is 125 cm³/mol. The molecule has 33 heavy (non-hydrogen) atoms. The Kier molecular flexibility index (Phi) is 5.14. The van der Waals surface area contributed by atoms with Gasteiger partial charge in [-0.05, 0) is 30.3 Å². The fraction of sp³-hybridized carbons (Fsp3) is 0.0800. The van der Waals surface area contributed by atoms with E-state index in [1.807, 2.05) is 18.2 Å². The molecular weight excluding hydrogens is 438 g/mol. The van der Waals surface area contributed by atoms with Crippen molar-refractivity contribution in [3.05, 3.63) is 89.0 Å². The Morgan fingerprint density at radius 3 is 2.24 bits per heavy atom. The maximum atomic E-state index is 12.9. The van der Waals surface area contributed by atoms with Crippen LogP contribution in [0.4, 0.5) is 5.69 Å². The second-order valence-electron chi connectivity index (χ2n) is 7.54. The summed E-state index contributed by atoms with van der Waals surface area (Å²) in [5, 5.41) is 3.19. The largest absolute Gasteiger partial charge is 0.325 e. The van der Waals surface area contributed by atoms with E-state index in [9.17, 15) is 19.2 Å². The zero-order valence-electron chi connectivity index (χ0n) is 17.5. The van der Waals surface area contributed by atoms with Gasteiger partial charge in [-0.25, -0.2) is 4.98 Å². The van der Waals surface area contributed by atoms with Crippen LogP contribution in [0.15, 0.2) is 71.9 Å². The molecule has 1 N–H and O–H groups in total. The lowest BCUT2D eigenvalue weighted by atomic mass is 9.84. The third kappa shape index (κ3) is 3.64. The van der Waals surface area contributed by atoms with E-state index in [0.717, 1.165) is 11.8 Å². The number of carbonyl (C=O) groups excluding carboxylic acids is 4. The van der Waals surface area contributed by atoms with Gasteiger partial charge in [-0.3, -0.25) is 23.7 Å². The van der Waals surface area contributed by atoms with Crippen LogP contribution in [-0.2, 0) is 4.79 Å². The highest BCUT2D eigenvalue weighted by atomic mass is 32.2. The second-order valence-corrected chi connectivity index (χ2v) is 8.48. The number of carbonyl (C=O) groups is 4. The molecule has 0 unspecified atom stereocenters. The Labute approximate surface area is 192 Å². The van der Waals surface area contributed by atoms with E-state index in [2.05, 4.69) is 10.3 Å². The van der Waals surface area contributed by atoms with E-state index in [1.165, 1.54) is 17.6 Å². The van der Waals surface area contributed by atoms with Crippen molar-refractivity contribution in [2.45, 2.75) is 12.1 Å². The number of thioether (sulfide) groups is 1. The number of para-hydroxylation sites is 2. The average molecular weight is 455 g/mol. The molecule has 1 aromatic heterocycles. The number of nitrogens with zero attached hydrogens (tertiary/aromatic N) is 2. The molecule has 1 aliphatic carbocycles. The second kappa shape index (κ2) is 8.14. The number of benzene rings is 3. The van der Waals surface area contributed by atoms with Gasteiger partial charge in [0.25, 0.3) is 0 Å². The van der Waals surface area contributed by atoms with E-state index in [0.29, 0.717) is 38.6 Å². The van der Waals surface area contributed by atoms with Gasteiger partial charge < -0.3 is 5.32 Å². The molecule has 0 spiro atoms. The van der Waals surface area contributed by atoms with Crippen molar-refractivity contribution in [1.82, 2.24) is 9.55 Å². The van der Waals surface area contributed by atoms with Crippen molar-refractivity contribution >= 4 is 51.9 Å². The molecule has 1 heterocycles. The molecule has 4 aromatic rings. The van der Waals surface area contributed by atoms with E-state index < -0.39 is 0 Å². The lowest BCUT2D eigenvalue weighted by Gasteiger charge is -2.18. The van der Waals surface area contributed by atoms with Crippen molar-refractivity contribution in [3.8, 4) is 0 Å². The lowest BCUT2D eigenvalue weighted by molar-refractivity contribution is -0.113. The minimum Gasteiger partial charge on any atom is -0.325 e. The smallest absolute Gasteiger partial charge is 0.234 e. The number of hydrogen-bond donors (Lipinski definition) is 1. The van der Waals surface area contributed by atoms with Crippen LogP contribution in [-0.4, -0.2) is 38.7 Å². The minimum atomic E-state index is -0.322. The molecule has 0 bridgehead atoms. The fourth-order valence-corrected chi connectivity index (χ4v) is 4.76. The van der Waals surface area contributed by atoms with Crippen molar-refractivity contribution in [3.63, 3.8) is 0 Å². The van der Waals surface area contributed by atoms with Gasteiger partial charge in [0.2, 0.25) is 11.8 Å². The van der Waals surface area contributed by atoms with Crippen LogP contribution < -0.4 is 5.32 Å². The fourth-order valence-electron chi connectivity index (χ4n) is 3.91. The number of ketones is 2. The molecule has 0 aliphatic heterocycles. The molecule has 7 nitrogen and oxygen atoms in total. The van der Waals surface area contributed by atoms with Gasteiger partial charge in [0.15, 0.2) is 16.7 Å². The van der Waals surface area contributed by atoms with Crippen LogP contribution in [0.2, 0.25) is 0 Å². The predicted octanol–water partition coefficient (Wildman–Crippen LogP) is 4.20. The van der Waals surface area contributed by atoms with Crippen LogP contribution in [0.5, 0.6) is 0 Å². The SMILES string of the molecule is CC(=O)n1c(SCC(=O)Nc2ccc3c(c2)C(=O)c2ccccc2C3=O)nc2ccccc21. The Bertz CT molecular complexity index is 1490. The molecule has 3 aromatic carbocycles. The standard InChI is InChI=1S/C25H17N3O4S/c1-14(29)28-21-9-5-4-8-20(21)27-25(28)33-13-22(30)26-15-10-11-18-19(12-15)24(32)17-7-3-2-6-16(17)23(18)31/h2-12H,13H2,1H3,(H,26,30). The lowest BCUT2D eigenvalue weighted by Crippen LogP contribution is -2.21. The molecule has 0 saturated carbocycles. The Morgan fingerprint density at radius 2 is 1.52 bits per heavy atom. The topological polar surface area (TPSA) is 98.1 Å². The normalized spacial score (nSPS) is 12.4. The first-order valence-corrected chi connectivity index (χ1v) is 11.2. The summed E-state index contributed by atoms with van der Waals surface area (Å²) in [6.07, 6.45) is 0. The number of amides is 1. The Morgan fingerprint density at radius 1 is 0.879 bits per heavy atom. The molecule has 0 saturated heterocycles. The highest BCUT2D eigenvalue weighted by Crippen LogP contribution is 2.29. The first kappa shape index (κ1) is 20.8. The molecule has 0 fully saturated rings. The number of nitrogens with one attached hydrogen (secondary N) is 1. The Balaban J connectivity index is 1.34. The van der Waals surface area contributed by atoms with E-state index in [4.69, 9.17) is 0 Å². The molecule has 0 radical (unpaired) electrons. The van der Waals surface area contributed by atoms with Gasteiger partial charge in [-0.1, -0.05) is 48.2 Å². The maximum Gasteiger partial charge on any atom is 0.234 e. The third-order valence-electron chi connectivity index (χ3n) is 5.39. The number of aromatic nitrogens is 2. The molecule has 0 atom stereocenters. The highest BCUT2D eigenvalue weighted by Gasteiger charge is 2.29. The third-order valence-corrected chi connectivity index (χ3v) is 6.32. The van der Waals surface area contributed by atoms with Crippen LogP contribution in [0.25, 0.3) is 11.0 Å². The van der Waals surface area contributed by atoms with Crippen molar-refractivity contribution in [1.29, 1.82) is 0 Å². The first-order valence-electron chi connectivity index (χ1n) is 10.2. The van der Waals surface area contributed by atoms with Gasteiger partial charge in [0.05, 0.1) is 16.8 Å². The molecular formula is C25H17N3O4S. The summed E-state index contributed by atoms with van der Waals surface area (Å²) in [4.78, 5) is 54.8. The summed E-state index contributed by atoms with van der Waals surface area (Å²) >= 11 is 1.15. The van der Waals surface area contributed by atoms with Crippen LogP contribution in [0.1, 0.15) is 43.6 Å². The summed E-state index contributed by atoms with van der Waals surface area (Å²) in [5.74, 6) is -0.955. The van der Waals surface area contributed by atoms with E-state index >= 15 is 0 Å². The van der Waals surface area contributed by atoms with Crippen LogP contribution in [0.3, 0.4) is 0 Å². The summed E-state index contributed by atoms with van der Waals surface area (Å²) < 4.78 is 1.48. The summed E-state index contributed by atoms with van der Waals surface area (Å²) in [5.41, 5.74) is 3.11. The number of fused-ring (bicyclic) bond motifs is 3. The van der Waals surface area contributed by atoms with Gasteiger partial charge in [0, 0.05) is 34.9 Å². The number of imidazole rings is 1. The Hall–Kier alpha value is -4.04. The molecule has 1 aliphatic rings. The zero-order chi connectivity index (χ0) is 23.1. The monoisotopic (exact) mass is 455 g/mol. The summed E-state index contributed by atoms with van der Waals surface area (Å²) in [6.45, 7) is 1.45. The van der Waals surface area contributed by atoms with Gasteiger partial charge in [0.1, 0.15) is 0 Å². The minimum absolute atomic E-state index is 0.0173. The van der Waals surface area contributed by atoms with Gasteiger partial charge in [-0.2, -0.15) is 0 Å². The number of rotatable bonds is 4. The molecule has 5 rings (SSSR count). The number of anilines is 1. The van der Waals surface area contributed by atoms with Gasteiger partial charge >= 0.3 is 0 Å². The molecule has 162 valence electrons. The van der Waals surface area contributed by atoms with E-state index in [-0.39, 0.29) is 34.7 Å². The van der Waals surface area contributed by atoms with Crippen molar-refractivity contribution in [2.24, 2.45) is 0 Å². The quantitative estimate of drug-likeness (QED) is 0.408. The summed E-state index contributed by atoms with van der Waals surface area (Å²) in [7, 11) is 0. The summed E-state index contributed by atoms with van der Waals surface area (Å²) in [6, 6.07) is 18.7. The van der Waals surface area contributed by atoms with Crippen LogP contribution >= 0.6 is 11.8 Å². The van der Waals surface area contributed by atoms with Crippen molar-refractivity contribution < 1.29 is 19.2 Å². The molecule has 1 amide bonds. The first-order chi connectivity index (χ1) is 15.9. The van der Waals surface area contributed by atoms with Crippen LogP contribution in [0, 0.1) is 0 Å². The highest BCUT2D eigenvalue weighted by molar-refractivity contribution is 7.99. The van der Waals surface area contributed by atoms with E-state index in [1.54, 1.807) is 42.5 Å². The molecule has 8 heteroatoms. The average Bonchev–Trinajstić information content (AvgIpc) is 3.20. The van der Waals surface area contributed by atoms with Crippen molar-refractivity contribution in [2.75, 3.05) is 11.1 Å². The maximum absolute atomic E-state index is 12.9. The van der Waals surface area contributed by atoms with Gasteiger partial charge in [-0.15, -0.1) is 0 Å².